The lowest BCUT2D eigenvalue weighted by molar-refractivity contribution is -0.117. The van der Waals surface area contributed by atoms with E-state index in [1.807, 2.05) is 18.2 Å². The summed E-state index contributed by atoms with van der Waals surface area (Å²) >= 11 is 0. The number of nitrogens with zero attached hydrogens (tertiary/aromatic N) is 3. The first-order valence-electron chi connectivity index (χ1n) is 10.2. The molecule has 30 heavy (non-hydrogen) atoms. The zero-order chi connectivity index (χ0) is 21.3. The molecule has 0 radical (unpaired) electrons. The van der Waals surface area contributed by atoms with Crippen molar-refractivity contribution in [2.24, 2.45) is 5.92 Å². The van der Waals surface area contributed by atoms with Crippen LogP contribution in [0.15, 0.2) is 47.3 Å². The smallest absolute Gasteiger partial charge is 0.275 e. The Labute approximate surface area is 174 Å². The van der Waals surface area contributed by atoms with Gasteiger partial charge in [-0.1, -0.05) is 31.2 Å². The van der Waals surface area contributed by atoms with Crippen molar-refractivity contribution in [2.45, 2.75) is 33.2 Å². The molecule has 0 spiro atoms. The second-order valence-corrected chi connectivity index (χ2v) is 8.04. The molecule has 1 atom stereocenters. The Kier molecular flexibility index (Phi) is 5.53. The van der Waals surface area contributed by atoms with Crippen LogP contribution in [0.2, 0.25) is 0 Å². The molecular weight excluding hydrogens is 383 g/mol. The molecule has 1 saturated heterocycles. The number of carbonyl (C=O) groups excluding carboxylic acids is 1. The molecule has 2 aromatic carbocycles. The first kappa shape index (κ1) is 20.1. The summed E-state index contributed by atoms with van der Waals surface area (Å²) in [7, 11) is 0. The lowest BCUT2D eigenvalue weighted by Gasteiger charge is -2.32. The van der Waals surface area contributed by atoms with Crippen molar-refractivity contribution in [3.8, 4) is 0 Å². The Morgan fingerprint density at radius 3 is 2.73 bits per heavy atom. The van der Waals surface area contributed by atoms with Gasteiger partial charge in [-0.05, 0) is 49.4 Å². The van der Waals surface area contributed by atoms with Gasteiger partial charge in [-0.3, -0.25) is 9.59 Å². The van der Waals surface area contributed by atoms with Crippen molar-refractivity contribution in [1.82, 2.24) is 9.78 Å². The number of halogens is 1. The molecule has 1 fully saturated rings. The van der Waals surface area contributed by atoms with E-state index in [4.69, 9.17) is 0 Å². The minimum atomic E-state index is -0.430. The molecule has 7 heteroatoms. The van der Waals surface area contributed by atoms with E-state index >= 15 is 0 Å². The SMILES string of the molecule is Cc1ccc(NC(=O)Cn2nc(N3CCCC(C)C3)c3ccccc3c2=O)cc1F. The Bertz CT molecular complexity index is 1160. The third-order valence-electron chi connectivity index (χ3n) is 5.55. The van der Waals surface area contributed by atoms with Crippen molar-refractivity contribution in [2.75, 3.05) is 23.3 Å². The van der Waals surface area contributed by atoms with Crippen LogP contribution < -0.4 is 15.8 Å². The van der Waals surface area contributed by atoms with Gasteiger partial charge in [0.1, 0.15) is 12.4 Å². The molecule has 1 amide bonds. The van der Waals surface area contributed by atoms with E-state index < -0.39 is 11.7 Å². The number of hydrogen-bond acceptors (Lipinski definition) is 4. The predicted octanol–water partition coefficient (Wildman–Crippen LogP) is 3.72. The highest BCUT2D eigenvalue weighted by molar-refractivity contribution is 5.93. The highest BCUT2D eigenvalue weighted by Gasteiger charge is 2.22. The van der Waals surface area contributed by atoms with Crippen molar-refractivity contribution in [3.05, 3.63) is 64.2 Å². The van der Waals surface area contributed by atoms with Crippen LogP contribution in [0.1, 0.15) is 25.3 Å². The zero-order valence-electron chi connectivity index (χ0n) is 17.2. The van der Waals surface area contributed by atoms with Crippen LogP contribution in [0.25, 0.3) is 10.8 Å². The summed E-state index contributed by atoms with van der Waals surface area (Å²) in [6.07, 6.45) is 2.24. The molecule has 156 valence electrons. The number of aryl methyl sites for hydroxylation is 1. The molecule has 6 nitrogen and oxygen atoms in total. The quantitative estimate of drug-likeness (QED) is 0.715. The number of amides is 1. The number of rotatable bonds is 4. The predicted molar refractivity (Wildman–Crippen MR) is 116 cm³/mol. The summed E-state index contributed by atoms with van der Waals surface area (Å²) < 4.78 is 15.0. The molecule has 1 unspecified atom stereocenters. The third kappa shape index (κ3) is 4.06. The fraction of sp³-hybridized carbons (Fsp3) is 0.348. The number of carbonyl (C=O) groups is 1. The molecule has 0 aliphatic carbocycles. The number of nitrogens with one attached hydrogen (secondary N) is 1. The summed E-state index contributed by atoms with van der Waals surface area (Å²) in [5, 5.41) is 8.55. The second-order valence-electron chi connectivity index (χ2n) is 8.04. The van der Waals surface area contributed by atoms with Gasteiger partial charge in [-0.25, -0.2) is 9.07 Å². The van der Waals surface area contributed by atoms with Crippen LogP contribution in [0.3, 0.4) is 0 Å². The largest absolute Gasteiger partial charge is 0.354 e. The molecule has 0 bridgehead atoms. The number of fused-ring (bicyclic) bond motifs is 1. The van der Waals surface area contributed by atoms with Crippen molar-refractivity contribution in [3.63, 3.8) is 0 Å². The van der Waals surface area contributed by atoms with Gasteiger partial charge in [-0.2, -0.15) is 5.10 Å². The molecule has 2 heterocycles. The van der Waals surface area contributed by atoms with E-state index in [0.29, 0.717) is 22.6 Å². The Morgan fingerprint density at radius 2 is 2.00 bits per heavy atom. The minimum Gasteiger partial charge on any atom is -0.354 e. The fourth-order valence-corrected chi connectivity index (χ4v) is 3.95. The summed E-state index contributed by atoms with van der Waals surface area (Å²) in [4.78, 5) is 27.7. The van der Waals surface area contributed by atoms with Gasteiger partial charge >= 0.3 is 0 Å². The van der Waals surface area contributed by atoms with E-state index in [2.05, 4.69) is 22.2 Å². The Balaban J connectivity index is 1.66. The molecule has 1 aliphatic heterocycles. The van der Waals surface area contributed by atoms with Crippen LogP contribution >= 0.6 is 0 Å². The van der Waals surface area contributed by atoms with Gasteiger partial charge in [0.25, 0.3) is 5.56 Å². The molecule has 3 aromatic rings. The molecule has 0 saturated carbocycles. The molecule has 1 aromatic heterocycles. The van der Waals surface area contributed by atoms with Crippen LogP contribution in [-0.2, 0) is 11.3 Å². The van der Waals surface area contributed by atoms with Crippen molar-refractivity contribution >= 4 is 28.2 Å². The van der Waals surface area contributed by atoms with Gasteiger partial charge in [0, 0.05) is 24.2 Å². The third-order valence-corrected chi connectivity index (χ3v) is 5.55. The standard InChI is InChI=1S/C23H25FN4O2/c1-15-6-5-11-27(13-15)22-18-7-3-4-8-19(18)23(30)28(26-22)14-21(29)25-17-10-9-16(2)20(24)12-17/h3-4,7-10,12,15H,5-6,11,13-14H2,1-2H3,(H,25,29). The van der Waals surface area contributed by atoms with Crippen molar-refractivity contribution in [1.29, 1.82) is 0 Å². The van der Waals surface area contributed by atoms with Gasteiger partial charge in [0.05, 0.1) is 5.39 Å². The van der Waals surface area contributed by atoms with Gasteiger partial charge in [0.2, 0.25) is 5.91 Å². The number of hydrogen-bond donors (Lipinski definition) is 1. The van der Waals surface area contributed by atoms with Gasteiger partial charge in [-0.15, -0.1) is 0 Å². The number of benzene rings is 2. The first-order chi connectivity index (χ1) is 14.4. The van der Waals surface area contributed by atoms with Gasteiger partial charge < -0.3 is 10.2 Å². The first-order valence-corrected chi connectivity index (χ1v) is 10.2. The maximum atomic E-state index is 13.8. The normalized spacial score (nSPS) is 16.6. The average Bonchev–Trinajstić information content (AvgIpc) is 2.73. The Morgan fingerprint density at radius 1 is 1.23 bits per heavy atom. The minimum absolute atomic E-state index is 0.241. The van der Waals surface area contributed by atoms with Crippen LogP contribution in [0.4, 0.5) is 15.9 Å². The zero-order valence-corrected chi connectivity index (χ0v) is 17.2. The van der Waals surface area contributed by atoms with Crippen LogP contribution in [0, 0.1) is 18.7 Å². The fourth-order valence-electron chi connectivity index (χ4n) is 3.95. The molecule has 4 rings (SSSR count). The molecular formula is C23H25FN4O2. The second kappa shape index (κ2) is 8.26. The maximum absolute atomic E-state index is 13.8. The summed E-state index contributed by atoms with van der Waals surface area (Å²) in [5.41, 5.74) is 0.535. The highest BCUT2D eigenvalue weighted by atomic mass is 19.1. The van der Waals surface area contributed by atoms with Crippen molar-refractivity contribution < 1.29 is 9.18 Å². The average molecular weight is 408 g/mol. The van der Waals surface area contributed by atoms with Crippen LogP contribution in [0.5, 0.6) is 0 Å². The van der Waals surface area contributed by atoms with E-state index in [-0.39, 0.29) is 12.1 Å². The topological polar surface area (TPSA) is 67.2 Å². The molecule has 1 aliphatic rings. The van der Waals surface area contributed by atoms with E-state index in [0.717, 1.165) is 30.7 Å². The molecule has 1 N–H and O–H groups in total. The number of anilines is 2. The number of aromatic nitrogens is 2. The van der Waals surface area contributed by atoms with E-state index in [1.54, 1.807) is 25.1 Å². The summed E-state index contributed by atoms with van der Waals surface area (Å²) in [6.45, 7) is 5.36. The summed E-state index contributed by atoms with van der Waals surface area (Å²) in [6, 6.07) is 11.9. The Hall–Kier alpha value is -3.22. The van der Waals surface area contributed by atoms with Crippen LogP contribution in [-0.4, -0.2) is 28.8 Å². The maximum Gasteiger partial charge on any atom is 0.275 e. The lowest BCUT2D eigenvalue weighted by Crippen LogP contribution is -2.38. The van der Waals surface area contributed by atoms with Gasteiger partial charge in [0.15, 0.2) is 5.82 Å². The monoisotopic (exact) mass is 408 g/mol. The highest BCUT2D eigenvalue weighted by Crippen LogP contribution is 2.26. The summed E-state index contributed by atoms with van der Waals surface area (Å²) in [5.74, 6) is 0.446. The van der Waals surface area contributed by atoms with E-state index in [9.17, 15) is 14.0 Å². The van der Waals surface area contributed by atoms with E-state index in [1.165, 1.54) is 17.2 Å². The lowest BCUT2D eigenvalue weighted by atomic mass is 10.00. The number of piperidine rings is 1.